The van der Waals surface area contributed by atoms with Gasteiger partial charge < -0.3 is 10.1 Å². The number of hydrogen-bond donors (Lipinski definition) is 1. The number of benzene rings is 3. The van der Waals surface area contributed by atoms with E-state index in [1.54, 1.807) is 24.3 Å². The van der Waals surface area contributed by atoms with Gasteiger partial charge in [-0.25, -0.2) is 9.78 Å². The van der Waals surface area contributed by atoms with Crippen LogP contribution < -0.4 is 5.32 Å². The lowest BCUT2D eigenvalue weighted by Crippen LogP contribution is -2.17. The van der Waals surface area contributed by atoms with Crippen LogP contribution in [0.2, 0.25) is 0 Å². The minimum absolute atomic E-state index is 0.0727. The molecule has 0 fully saturated rings. The Labute approximate surface area is 205 Å². The SMILES string of the molecule is COC(=O)c1ccccc1NC(=O)CSc1nc2ccccc2n2c(-c3ccc(C)cc3)nnc12. The highest BCUT2D eigenvalue weighted by molar-refractivity contribution is 8.00. The van der Waals surface area contributed by atoms with Gasteiger partial charge in [-0.2, -0.15) is 0 Å². The summed E-state index contributed by atoms with van der Waals surface area (Å²) in [5, 5.41) is 12.2. The highest BCUT2D eigenvalue weighted by Gasteiger charge is 2.18. The highest BCUT2D eigenvalue weighted by atomic mass is 32.2. The first-order valence-electron chi connectivity index (χ1n) is 10.9. The number of aromatic nitrogens is 4. The third-order valence-corrected chi connectivity index (χ3v) is 6.41. The molecule has 1 N–H and O–H groups in total. The fourth-order valence-corrected chi connectivity index (χ4v) is 4.51. The van der Waals surface area contributed by atoms with E-state index in [-0.39, 0.29) is 11.7 Å². The number of anilines is 1. The van der Waals surface area contributed by atoms with Crippen LogP contribution in [-0.2, 0) is 9.53 Å². The van der Waals surface area contributed by atoms with Crippen molar-refractivity contribution in [2.24, 2.45) is 0 Å². The molecule has 2 heterocycles. The lowest BCUT2D eigenvalue weighted by Gasteiger charge is -2.10. The number of ether oxygens (including phenoxy) is 1. The van der Waals surface area contributed by atoms with Gasteiger partial charge in [-0.05, 0) is 31.2 Å². The van der Waals surface area contributed by atoms with Crippen LogP contribution in [0, 0.1) is 6.92 Å². The van der Waals surface area contributed by atoms with Gasteiger partial charge in [0.15, 0.2) is 11.5 Å². The van der Waals surface area contributed by atoms with Crippen LogP contribution >= 0.6 is 11.8 Å². The normalized spacial score (nSPS) is 11.0. The number of amides is 1. The molecule has 5 aromatic rings. The third-order valence-electron chi connectivity index (χ3n) is 5.46. The number of aryl methyl sites for hydroxylation is 1. The second-order valence-corrected chi connectivity index (χ2v) is 8.79. The second-order valence-electron chi connectivity index (χ2n) is 7.83. The van der Waals surface area contributed by atoms with E-state index in [1.807, 2.05) is 59.9 Å². The van der Waals surface area contributed by atoms with Gasteiger partial charge in [-0.15, -0.1) is 10.2 Å². The average Bonchev–Trinajstić information content (AvgIpc) is 3.33. The Morgan fingerprint density at radius 1 is 0.971 bits per heavy atom. The Balaban J connectivity index is 1.47. The molecule has 0 saturated carbocycles. The molecule has 0 spiro atoms. The standard InChI is InChI=1S/C26H21N5O3S/c1-16-11-13-17(14-12-16)23-29-30-24-25(28-20-9-5-6-10-21(20)31(23)24)35-15-22(32)27-19-8-4-3-7-18(19)26(33)34-2/h3-14H,15H2,1-2H3,(H,27,32). The highest BCUT2D eigenvalue weighted by Crippen LogP contribution is 2.29. The van der Waals surface area contributed by atoms with Crippen LogP contribution in [0.4, 0.5) is 5.69 Å². The molecule has 0 bridgehead atoms. The summed E-state index contributed by atoms with van der Waals surface area (Å²) in [7, 11) is 1.30. The number of esters is 1. The second kappa shape index (κ2) is 9.55. The largest absolute Gasteiger partial charge is 0.465 e. The van der Waals surface area contributed by atoms with Crippen molar-refractivity contribution < 1.29 is 14.3 Å². The zero-order valence-corrected chi connectivity index (χ0v) is 19.9. The fraction of sp³-hybridized carbons (Fsp3) is 0.115. The monoisotopic (exact) mass is 483 g/mol. The molecule has 8 nitrogen and oxygen atoms in total. The van der Waals surface area contributed by atoms with Gasteiger partial charge >= 0.3 is 5.97 Å². The molecular weight excluding hydrogens is 462 g/mol. The van der Waals surface area contributed by atoms with E-state index in [0.29, 0.717) is 27.7 Å². The van der Waals surface area contributed by atoms with Crippen molar-refractivity contribution in [3.63, 3.8) is 0 Å². The Kier molecular flexibility index (Phi) is 6.15. The van der Waals surface area contributed by atoms with Crippen LogP contribution in [-0.4, -0.2) is 44.3 Å². The van der Waals surface area contributed by atoms with Gasteiger partial charge in [0.25, 0.3) is 0 Å². The number of nitrogens with zero attached hydrogens (tertiary/aromatic N) is 4. The molecule has 35 heavy (non-hydrogen) atoms. The van der Waals surface area contributed by atoms with Crippen LogP contribution in [0.15, 0.2) is 77.8 Å². The van der Waals surface area contributed by atoms with Gasteiger partial charge in [0.05, 0.1) is 35.1 Å². The number of para-hydroxylation sites is 3. The molecule has 0 aliphatic rings. The quantitative estimate of drug-likeness (QED) is 0.274. The summed E-state index contributed by atoms with van der Waals surface area (Å²) in [4.78, 5) is 29.5. The molecule has 9 heteroatoms. The summed E-state index contributed by atoms with van der Waals surface area (Å²) in [6.07, 6.45) is 0. The van der Waals surface area contributed by atoms with Crippen molar-refractivity contribution in [1.82, 2.24) is 19.6 Å². The van der Waals surface area contributed by atoms with Gasteiger partial charge in [-0.1, -0.05) is 65.9 Å². The molecule has 0 unspecified atom stereocenters. The molecule has 0 aliphatic carbocycles. The smallest absolute Gasteiger partial charge is 0.339 e. The summed E-state index contributed by atoms with van der Waals surface area (Å²) >= 11 is 1.26. The first kappa shape index (κ1) is 22.5. The molecule has 5 rings (SSSR count). The predicted molar refractivity (Wildman–Crippen MR) is 136 cm³/mol. The van der Waals surface area contributed by atoms with E-state index < -0.39 is 5.97 Å². The molecule has 174 valence electrons. The Hall–Kier alpha value is -4.24. The van der Waals surface area contributed by atoms with Gasteiger partial charge in [0.1, 0.15) is 5.03 Å². The summed E-state index contributed by atoms with van der Waals surface area (Å²) in [5.74, 6) is -0.0170. The fourth-order valence-electron chi connectivity index (χ4n) is 3.74. The molecule has 3 aromatic carbocycles. The zero-order chi connectivity index (χ0) is 24.4. The van der Waals surface area contributed by atoms with Crippen molar-refractivity contribution >= 4 is 46.0 Å². The topological polar surface area (TPSA) is 98.5 Å². The molecule has 0 atom stereocenters. The molecule has 0 radical (unpaired) electrons. The van der Waals surface area contributed by atoms with Crippen molar-refractivity contribution in [2.75, 3.05) is 18.2 Å². The minimum atomic E-state index is -0.515. The lowest BCUT2D eigenvalue weighted by atomic mass is 10.1. The summed E-state index contributed by atoms with van der Waals surface area (Å²) < 4.78 is 6.77. The Morgan fingerprint density at radius 2 is 1.71 bits per heavy atom. The number of hydrogen-bond acceptors (Lipinski definition) is 7. The van der Waals surface area contributed by atoms with Crippen LogP contribution in [0.3, 0.4) is 0 Å². The zero-order valence-electron chi connectivity index (χ0n) is 19.1. The van der Waals surface area contributed by atoms with Crippen molar-refractivity contribution in [3.8, 4) is 11.4 Å². The van der Waals surface area contributed by atoms with Crippen LogP contribution in [0.1, 0.15) is 15.9 Å². The minimum Gasteiger partial charge on any atom is -0.465 e. The van der Waals surface area contributed by atoms with E-state index in [1.165, 1.54) is 18.9 Å². The maximum absolute atomic E-state index is 12.8. The van der Waals surface area contributed by atoms with Gasteiger partial charge in [-0.3, -0.25) is 9.20 Å². The molecule has 0 saturated heterocycles. The van der Waals surface area contributed by atoms with Crippen molar-refractivity contribution in [3.05, 3.63) is 83.9 Å². The lowest BCUT2D eigenvalue weighted by molar-refractivity contribution is -0.113. The van der Waals surface area contributed by atoms with E-state index >= 15 is 0 Å². The van der Waals surface area contributed by atoms with E-state index in [9.17, 15) is 9.59 Å². The third kappa shape index (κ3) is 4.45. The van der Waals surface area contributed by atoms with Gasteiger partial charge in [0, 0.05) is 5.56 Å². The number of methoxy groups -OCH3 is 1. The number of nitrogens with one attached hydrogen (secondary N) is 1. The van der Waals surface area contributed by atoms with E-state index in [0.717, 1.165) is 22.2 Å². The number of carbonyl (C=O) groups excluding carboxylic acids is 2. The number of rotatable bonds is 6. The Morgan fingerprint density at radius 3 is 2.51 bits per heavy atom. The first-order chi connectivity index (χ1) is 17.0. The first-order valence-corrected chi connectivity index (χ1v) is 11.8. The maximum atomic E-state index is 12.8. The Bertz CT molecular complexity index is 1560. The molecule has 2 aromatic heterocycles. The van der Waals surface area contributed by atoms with Crippen molar-refractivity contribution in [1.29, 1.82) is 0 Å². The molecule has 1 amide bonds. The average molecular weight is 484 g/mol. The summed E-state index contributed by atoms with van der Waals surface area (Å²) in [6.45, 7) is 2.04. The van der Waals surface area contributed by atoms with E-state index in [2.05, 4.69) is 15.5 Å². The van der Waals surface area contributed by atoms with Crippen LogP contribution in [0.25, 0.3) is 28.1 Å². The van der Waals surface area contributed by atoms with Gasteiger partial charge in [0.2, 0.25) is 5.91 Å². The summed E-state index contributed by atoms with van der Waals surface area (Å²) in [5.41, 5.74) is 5.01. The number of carbonyl (C=O) groups is 2. The number of thioether (sulfide) groups is 1. The number of fused-ring (bicyclic) bond motifs is 3. The molecule has 0 aliphatic heterocycles. The summed E-state index contributed by atoms with van der Waals surface area (Å²) in [6, 6.07) is 22.6. The van der Waals surface area contributed by atoms with Crippen molar-refractivity contribution in [2.45, 2.75) is 11.9 Å². The predicted octanol–water partition coefficient (Wildman–Crippen LogP) is 4.77. The molecular formula is C26H21N5O3S. The van der Waals surface area contributed by atoms with E-state index in [4.69, 9.17) is 9.72 Å². The van der Waals surface area contributed by atoms with Crippen LogP contribution in [0.5, 0.6) is 0 Å². The maximum Gasteiger partial charge on any atom is 0.339 e.